The zero-order valence-corrected chi connectivity index (χ0v) is 15.8. The van der Waals surface area contributed by atoms with E-state index in [4.69, 9.17) is 0 Å². The van der Waals surface area contributed by atoms with Crippen LogP contribution in [0.5, 0.6) is 0 Å². The minimum absolute atomic E-state index is 0.0326. The maximum Gasteiger partial charge on any atom is 0.228 e. The van der Waals surface area contributed by atoms with Crippen LogP contribution < -0.4 is 0 Å². The van der Waals surface area contributed by atoms with Gasteiger partial charge < -0.3 is 4.90 Å². The topological polar surface area (TPSA) is 63.9 Å². The molecule has 1 aliphatic heterocycles. The summed E-state index contributed by atoms with van der Waals surface area (Å²) < 4.78 is 1.93. The van der Waals surface area contributed by atoms with Crippen molar-refractivity contribution in [3.05, 3.63) is 29.8 Å². The van der Waals surface area contributed by atoms with Gasteiger partial charge in [-0.15, -0.1) is 0 Å². The molecule has 1 amide bonds. The summed E-state index contributed by atoms with van der Waals surface area (Å²) in [6.07, 6.45) is 3.75. The van der Waals surface area contributed by atoms with Crippen LogP contribution in [0, 0.1) is 12.3 Å². The Balaban J connectivity index is 1.99. The summed E-state index contributed by atoms with van der Waals surface area (Å²) in [5.41, 5.74) is 2.41. The van der Waals surface area contributed by atoms with E-state index in [0.29, 0.717) is 0 Å². The molecular formula is C19H27N5O. The third kappa shape index (κ3) is 3.43. The van der Waals surface area contributed by atoms with Gasteiger partial charge >= 0.3 is 0 Å². The first-order chi connectivity index (χ1) is 11.8. The molecule has 0 spiro atoms. The standard InChI is InChI=1S/C19H27N5O/c1-6-24-17(9-10-20-24)15-12-14(21-13(2)22-15)16-8-7-11-23(16)18(25)19(3,4)5/h9-10,12,16H,6-8,11H2,1-5H3. The molecule has 2 aromatic heterocycles. The molecule has 1 fully saturated rings. The largest absolute Gasteiger partial charge is 0.334 e. The van der Waals surface area contributed by atoms with Gasteiger partial charge in [-0.2, -0.15) is 5.10 Å². The molecule has 3 rings (SSSR count). The predicted molar refractivity (Wildman–Crippen MR) is 96.8 cm³/mol. The second kappa shape index (κ2) is 6.58. The molecule has 0 radical (unpaired) electrons. The Labute approximate surface area is 149 Å². The molecule has 134 valence electrons. The van der Waals surface area contributed by atoms with Gasteiger partial charge in [0.1, 0.15) is 5.82 Å². The second-order valence-electron chi connectivity index (χ2n) is 7.66. The van der Waals surface area contributed by atoms with Crippen molar-refractivity contribution in [1.29, 1.82) is 0 Å². The number of carbonyl (C=O) groups excluding carboxylic acids is 1. The first-order valence-corrected chi connectivity index (χ1v) is 9.00. The fraction of sp³-hybridized carbons (Fsp3) is 0.579. The lowest BCUT2D eigenvalue weighted by molar-refractivity contribution is -0.140. The first-order valence-electron chi connectivity index (χ1n) is 9.00. The van der Waals surface area contributed by atoms with Gasteiger partial charge in [0.15, 0.2) is 0 Å². The van der Waals surface area contributed by atoms with E-state index in [0.717, 1.165) is 48.8 Å². The van der Waals surface area contributed by atoms with Gasteiger partial charge in [-0.05, 0) is 38.8 Å². The minimum Gasteiger partial charge on any atom is -0.334 e. The van der Waals surface area contributed by atoms with E-state index in [2.05, 4.69) is 22.0 Å². The van der Waals surface area contributed by atoms with Crippen LogP contribution in [0.25, 0.3) is 11.4 Å². The van der Waals surface area contributed by atoms with E-state index >= 15 is 0 Å². The van der Waals surface area contributed by atoms with E-state index in [1.807, 2.05) is 49.4 Å². The molecule has 1 unspecified atom stereocenters. The Hall–Kier alpha value is -2.24. The molecule has 0 aliphatic carbocycles. The van der Waals surface area contributed by atoms with Crippen molar-refractivity contribution in [3.63, 3.8) is 0 Å². The zero-order valence-electron chi connectivity index (χ0n) is 15.8. The number of likely N-dealkylation sites (tertiary alicyclic amines) is 1. The maximum atomic E-state index is 12.8. The average molecular weight is 341 g/mol. The Kier molecular flexibility index (Phi) is 4.62. The molecule has 2 aromatic rings. The van der Waals surface area contributed by atoms with Crippen molar-refractivity contribution in [2.75, 3.05) is 6.54 Å². The predicted octanol–water partition coefficient (Wildman–Crippen LogP) is 3.38. The molecule has 3 heterocycles. The molecule has 6 nitrogen and oxygen atoms in total. The van der Waals surface area contributed by atoms with Crippen molar-refractivity contribution in [1.82, 2.24) is 24.6 Å². The zero-order chi connectivity index (χ0) is 18.2. The number of rotatable bonds is 3. The van der Waals surface area contributed by atoms with Crippen LogP contribution in [-0.2, 0) is 11.3 Å². The van der Waals surface area contributed by atoms with Gasteiger partial charge in [0, 0.05) is 24.7 Å². The second-order valence-corrected chi connectivity index (χ2v) is 7.66. The molecule has 0 bridgehead atoms. The van der Waals surface area contributed by atoms with E-state index in [-0.39, 0.29) is 17.4 Å². The normalized spacial score (nSPS) is 18.0. The van der Waals surface area contributed by atoms with Crippen molar-refractivity contribution in [3.8, 4) is 11.4 Å². The lowest BCUT2D eigenvalue weighted by atomic mass is 9.94. The molecule has 0 aromatic carbocycles. The van der Waals surface area contributed by atoms with Crippen LogP contribution in [0.3, 0.4) is 0 Å². The number of hydrogen-bond acceptors (Lipinski definition) is 4. The molecule has 1 aliphatic rings. The summed E-state index contributed by atoms with van der Waals surface area (Å²) in [6.45, 7) is 11.5. The number of aryl methyl sites for hydroxylation is 2. The lowest BCUT2D eigenvalue weighted by Crippen LogP contribution is -2.39. The molecule has 6 heteroatoms. The van der Waals surface area contributed by atoms with E-state index in [1.165, 1.54) is 0 Å². The molecule has 0 N–H and O–H groups in total. The highest BCUT2D eigenvalue weighted by atomic mass is 16.2. The van der Waals surface area contributed by atoms with Gasteiger partial charge in [0.05, 0.1) is 23.1 Å². The number of carbonyl (C=O) groups is 1. The lowest BCUT2D eigenvalue weighted by Gasteiger charge is -2.30. The van der Waals surface area contributed by atoms with Crippen molar-refractivity contribution < 1.29 is 4.79 Å². The van der Waals surface area contributed by atoms with Gasteiger partial charge in [-0.25, -0.2) is 9.97 Å². The first kappa shape index (κ1) is 17.6. The quantitative estimate of drug-likeness (QED) is 0.858. The molecule has 0 saturated carbocycles. The Morgan fingerprint density at radius 1 is 1.32 bits per heavy atom. The fourth-order valence-corrected chi connectivity index (χ4v) is 3.44. The number of aromatic nitrogens is 4. The number of hydrogen-bond donors (Lipinski definition) is 0. The third-order valence-electron chi connectivity index (χ3n) is 4.63. The number of nitrogens with zero attached hydrogens (tertiary/aromatic N) is 5. The Morgan fingerprint density at radius 2 is 2.08 bits per heavy atom. The summed E-state index contributed by atoms with van der Waals surface area (Å²) in [7, 11) is 0. The van der Waals surface area contributed by atoms with E-state index in [9.17, 15) is 4.79 Å². The van der Waals surface area contributed by atoms with Crippen LogP contribution >= 0.6 is 0 Å². The maximum absolute atomic E-state index is 12.8. The van der Waals surface area contributed by atoms with Crippen molar-refractivity contribution in [2.45, 2.75) is 60.0 Å². The molecule has 1 atom stereocenters. The van der Waals surface area contributed by atoms with Gasteiger partial charge in [-0.3, -0.25) is 9.48 Å². The van der Waals surface area contributed by atoms with E-state index < -0.39 is 0 Å². The van der Waals surface area contributed by atoms with Crippen LogP contribution in [0.4, 0.5) is 0 Å². The summed E-state index contributed by atoms with van der Waals surface area (Å²) >= 11 is 0. The van der Waals surface area contributed by atoms with Gasteiger partial charge in [-0.1, -0.05) is 20.8 Å². The van der Waals surface area contributed by atoms with Crippen molar-refractivity contribution in [2.24, 2.45) is 5.41 Å². The van der Waals surface area contributed by atoms with Gasteiger partial charge in [0.2, 0.25) is 5.91 Å². The average Bonchev–Trinajstić information content (AvgIpc) is 3.21. The number of amides is 1. The molecular weight excluding hydrogens is 314 g/mol. The third-order valence-corrected chi connectivity index (χ3v) is 4.63. The molecule has 1 saturated heterocycles. The Morgan fingerprint density at radius 3 is 2.76 bits per heavy atom. The van der Waals surface area contributed by atoms with Crippen LogP contribution in [0.15, 0.2) is 18.3 Å². The summed E-state index contributed by atoms with van der Waals surface area (Å²) in [5, 5.41) is 4.34. The van der Waals surface area contributed by atoms with Crippen LogP contribution in [-0.4, -0.2) is 37.1 Å². The smallest absolute Gasteiger partial charge is 0.228 e. The Bertz CT molecular complexity index is 774. The summed E-state index contributed by atoms with van der Waals surface area (Å²) in [5.74, 6) is 0.915. The van der Waals surface area contributed by atoms with Gasteiger partial charge in [0.25, 0.3) is 0 Å². The van der Waals surface area contributed by atoms with Crippen molar-refractivity contribution >= 4 is 5.91 Å². The van der Waals surface area contributed by atoms with Crippen LogP contribution in [0.1, 0.15) is 58.1 Å². The van der Waals surface area contributed by atoms with E-state index in [1.54, 1.807) is 6.20 Å². The highest BCUT2D eigenvalue weighted by molar-refractivity contribution is 5.82. The molecule has 25 heavy (non-hydrogen) atoms. The van der Waals surface area contributed by atoms with Crippen LogP contribution in [0.2, 0.25) is 0 Å². The highest BCUT2D eigenvalue weighted by Crippen LogP contribution is 2.35. The SMILES string of the molecule is CCn1nccc1-c1cc(C2CCCN2C(=O)C(C)(C)C)nc(C)n1. The minimum atomic E-state index is -0.381. The monoisotopic (exact) mass is 341 g/mol. The fourth-order valence-electron chi connectivity index (χ4n) is 3.44. The summed E-state index contributed by atoms with van der Waals surface area (Å²) in [4.78, 5) is 24.1. The highest BCUT2D eigenvalue weighted by Gasteiger charge is 2.36. The summed E-state index contributed by atoms with van der Waals surface area (Å²) in [6, 6.07) is 4.03.